The van der Waals surface area contributed by atoms with E-state index in [1.54, 1.807) is 0 Å². The molecule has 0 saturated carbocycles. The molecule has 0 N–H and O–H groups in total. The Kier molecular flexibility index (Phi) is 21.0. The smallest absolute Gasteiger partial charge is 0.0263 e. The Labute approximate surface area is 92.8 Å². The van der Waals surface area contributed by atoms with Gasteiger partial charge in [0.2, 0.25) is 0 Å². The number of hydrogen-bond donors (Lipinski definition) is 0. The topological polar surface area (TPSA) is 0 Å². The van der Waals surface area contributed by atoms with Crippen molar-refractivity contribution in [3.8, 4) is 0 Å². The molecular formula is C14H32. The Morgan fingerprint density at radius 2 is 1.36 bits per heavy atom. The molecule has 0 heterocycles. The van der Waals surface area contributed by atoms with Crippen LogP contribution in [-0.4, -0.2) is 0 Å². The lowest BCUT2D eigenvalue weighted by atomic mass is 10.1. The molecule has 0 nitrogen and oxygen atoms in total. The second-order valence-corrected chi connectivity index (χ2v) is 3.99. The monoisotopic (exact) mass is 200 g/mol. The molecule has 0 aliphatic rings. The molecule has 0 rings (SSSR count). The summed E-state index contributed by atoms with van der Waals surface area (Å²) in [6, 6.07) is 0. The summed E-state index contributed by atoms with van der Waals surface area (Å²) in [7, 11) is 0. The van der Waals surface area contributed by atoms with E-state index in [-0.39, 0.29) is 0 Å². The lowest BCUT2D eigenvalue weighted by Crippen LogP contribution is -1.85. The molecule has 0 aromatic carbocycles. The first-order valence-electron chi connectivity index (χ1n) is 6.08. The van der Waals surface area contributed by atoms with Crippen LogP contribution in [0.4, 0.5) is 0 Å². The van der Waals surface area contributed by atoms with Crippen LogP contribution in [0.5, 0.6) is 0 Å². The lowest BCUT2D eigenvalue weighted by Gasteiger charge is -2.00. The van der Waals surface area contributed by atoms with Gasteiger partial charge in [0.05, 0.1) is 0 Å². The van der Waals surface area contributed by atoms with Gasteiger partial charge in [-0.1, -0.05) is 66.5 Å². The zero-order valence-electron chi connectivity index (χ0n) is 11.9. The average molecular weight is 200 g/mol. The summed E-state index contributed by atoms with van der Waals surface area (Å²) in [6.45, 7) is 19.3. The third kappa shape index (κ3) is 22.6. The van der Waals surface area contributed by atoms with E-state index in [0.29, 0.717) is 0 Å². The molecule has 0 spiro atoms. The van der Waals surface area contributed by atoms with Crippen LogP contribution in [0.2, 0.25) is 0 Å². The van der Waals surface area contributed by atoms with E-state index in [0.717, 1.165) is 11.8 Å². The summed E-state index contributed by atoms with van der Waals surface area (Å²) in [5.74, 6) is 1.61. The minimum atomic E-state index is 0.727. The Balaban J connectivity index is -0.000000152. The fourth-order valence-corrected chi connectivity index (χ4v) is 0.333. The molecule has 0 bridgehead atoms. The largest absolute Gasteiger partial charge is 0.0885 e. The van der Waals surface area contributed by atoms with Gasteiger partial charge >= 0.3 is 0 Å². The van der Waals surface area contributed by atoms with Crippen molar-refractivity contribution >= 4 is 0 Å². The molecule has 0 unspecified atom stereocenters. The van der Waals surface area contributed by atoms with Crippen LogP contribution in [0.1, 0.15) is 68.7 Å². The van der Waals surface area contributed by atoms with E-state index < -0.39 is 0 Å². The molecule has 0 radical (unpaired) electrons. The van der Waals surface area contributed by atoms with E-state index in [2.05, 4.69) is 54.5 Å². The molecule has 0 heteroatoms. The first-order valence-corrected chi connectivity index (χ1v) is 6.08. The molecule has 88 valence electrons. The third-order valence-electron chi connectivity index (χ3n) is 2.18. The van der Waals surface area contributed by atoms with Gasteiger partial charge in [-0.25, -0.2) is 0 Å². The van der Waals surface area contributed by atoms with E-state index >= 15 is 0 Å². The molecule has 0 aliphatic heterocycles. The van der Waals surface area contributed by atoms with E-state index in [4.69, 9.17) is 0 Å². The Hall–Kier alpha value is -0.260. The van der Waals surface area contributed by atoms with Gasteiger partial charge in [-0.05, 0) is 25.7 Å². The highest BCUT2D eigenvalue weighted by Gasteiger charge is 1.90. The maximum Gasteiger partial charge on any atom is -0.0263 e. The minimum absolute atomic E-state index is 0.727. The van der Waals surface area contributed by atoms with Crippen LogP contribution in [0, 0.1) is 11.8 Å². The van der Waals surface area contributed by atoms with Gasteiger partial charge in [-0.15, -0.1) is 0 Å². The zero-order valence-corrected chi connectivity index (χ0v) is 11.9. The molecule has 0 fully saturated rings. The minimum Gasteiger partial charge on any atom is -0.0885 e. The van der Waals surface area contributed by atoms with Crippen molar-refractivity contribution in [3.05, 3.63) is 11.6 Å². The van der Waals surface area contributed by atoms with E-state index in [1.807, 2.05) is 13.8 Å². The van der Waals surface area contributed by atoms with Gasteiger partial charge < -0.3 is 0 Å². The van der Waals surface area contributed by atoms with Crippen molar-refractivity contribution in [1.82, 2.24) is 0 Å². The van der Waals surface area contributed by atoms with Crippen LogP contribution < -0.4 is 0 Å². The molecular weight excluding hydrogens is 168 g/mol. The van der Waals surface area contributed by atoms with Crippen LogP contribution in [-0.2, 0) is 0 Å². The summed E-state index contributed by atoms with van der Waals surface area (Å²) >= 11 is 0. The van der Waals surface area contributed by atoms with Crippen molar-refractivity contribution in [2.45, 2.75) is 68.7 Å². The molecule has 0 saturated heterocycles. The lowest BCUT2D eigenvalue weighted by molar-refractivity contribution is 0.626. The van der Waals surface area contributed by atoms with Crippen LogP contribution >= 0.6 is 0 Å². The molecule has 0 amide bonds. The van der Waals surface area contributed by atoms with E-state index in [9.17, 15) is 0 Å². The Morgan fingerprint density at radius 1 is 1.07 bits per heavy atom. The van der Waals surface area contributed by atoms with Gasteiger partial charge in [-0.3, -0.25) is 0 Å². The van der Waals surface area contributed by atoms with Crippen molar-refractivity contribution in [3.63, 3.8) is 0 Å². The summed E-state index contributed by atoms with van der Waals surface area (Å²) in [6.07, 6.45) is 3.46. The van der Waals surface area contributed by atoms with Crippen molar-refractivity contribution in [2.75, 3.05) is 0 Å². The summed E-state index contributed by atoms with van der Waals surface area (Å²) in [5.41, 5.74) is 1.47. The molecule has 0 aromatic heterocycles. The first kappa shape index (κ1) is 19.3. The normalized spacial score (nSPS) is 10.4. The predicted octanol–water partition coefficient (Wildman–Crippen LogP) is 5.69. The zero-order chi connectivity index (χ0) is 12.1. The highest BCUT2D eigenvalue weighted by atomic mass is 14.0. The van der Waals surface area contributed by atoms with E-state index in [1.165, 1.54) is 12.0 Å². The molecule has 14 heavy (non-hydrogen) atoms. The quantitative estimate of drug-likeness (QED) is 0.502. The van der Waals surface area contributed by atoms with Gasteiger partial charge in [0.25, 0.3) is 0 Å². The fourth-order valence-electron chi connectivity index (χ4n) is 0.333. The third-order valence-corrected chi connectivity index (χ3v) is 2.18. The highest BCUT2D eigenvalue weighted by molar-refractivity contribution is 4.97. The average Bonchev–Trinajstić information content (AvgIpc) is 2.20. The maximum atomic E-state index is 2.22. The van der Waals surface area contributed by atoms with Crippen LogP contribution in [0.25, 0.3) is 0 Å². The van der Waals surface area contributed by atoms with Crippen molar-refractivity contribution < 1.29 is 0 Å². The summed E-state index contributed by atoms with van der Waals surface area (Å²) < 4.78 is 0. The molecule has 0 aliphatic carbocycles. The van der Waals surface area contributed by atoms with Gasteiger partial charge in [0.1, 0.15) is 0 Å². The van der Waals surface area contributed by atoms with Crippen molar-refractivity contribution in [2.24, 2.45) is 11.8 Å². The SMILES string of the molecule is C/C=C(/C)C(C)C.CC.CCC(C)C. The second-order valence-electron chi connectivity index (χ2n) is 3.99. The standard InChI is InChI=1S/C7H14.C5H12.C2H6/c1-5-7(4)6(2)3;1-4-5(2)3;1-2/h5-6H,1-4H3;5H,4H2,1-3H3;1-2H3/b7-5-;;. The molecule has 0 atom stereocenters. The van der Waals surface area contributed by atoms with Crippen LogP contribution in [0.15, 0.2) is 11.6 Å². The highest BCUT2D eigenvalue weighted by Crippen LogP contribution is 2.05. The maximum absolute atomic E-state index is 2.22. The van der Waals surface area contributed by atoms with Gasteiger partial charge in [-0.2, -0.15) is 0 Å². The number of hydrogen-bond acceptors (Lipinski definition) is 0. The Morgan fingerprint density at radius 3 is 1.36 bits per heavy atom. The van der Waals surface area contributed by atoms with Crippen LogP contribution in [0.3, 0.4) is 0 Å². The number of rotatable bonds is 2. The first-order chi connectivity index (χ1) is 6.45. The number of allylic oxidation sites excluding steroid dienone is 2. The fraction of sp³-hybridized carbons (Fsp3) is 0.857. The van der Waals surface area contributed by atoms with Crippen molar-refractivity contribution in [1.29, 1.82) is 0 Å². The summed E-state index contributed by atoms with van der Waals surface area (Å²) in [5, 5.41) is 0. The predicted molar refractivity (Wildman–Crippen MR) is 70.7 cm³/mol. The molecule has 0 aromatic rings. The Bertz CT molecular complexity index is 107. The summed E-state index contributed by atoms with van der Waals surface area (Å²) in [4.78, 5) is 0. The second kappa shape index (κ2) is 15.2. The van der Waals surface area contributed by atoms with Gasteiger partial charge in [0.15, 0.2) is 0 Å². The van der Waals surface area contributed by atoms with Gasteiger partial charge in [0, 0.05) is 0 Å².